The number of oxazole rings is 1. The number of hydrogen-bond acceptors (Lipinski definition) is 5. The first-order valence-electron chi connectivity index (χ1n) is 18.5. The lowest BCUT2D eigenvalue weighted by Crippen LogP contribution is -2.32. The zero-order chi connectivity index (χ0) is 36.1. The Morgan fingerprint density at radius 3 is 1.93 bits per heavy atom. The van der Waals surface area contributed by atoms with Gasteiger partial charge in [-0.25, -0.2) is 4.98 Å². The molecule has 8 aromatic carbocycles. The van der Waals surface area contributed by atoms with Crippen LogP contribution in [0.2, 0.25) is 0 Å². The smallest absolute Gasteiger partial charge is 0.227 e. The van der Waals surface area contributed by atoms with Gasteiger partial charge in [-0.15, -0.1) is 0 Å². The molecule has 258 valence electrons. The number of benzene rings is 8. The van der Waals surface area contributed by atoms with Crippen molar-refractivity contribution in [2.75, 3.05) is 4.90 Å². The van der Waals surface area contributed by atoms with E-state index < -0.39 is 5.41 Å². The van der Waals surface area contributed by atoms with Crippen LogP contribution >= 0.6 is 11.8 Å². The third kappa shape index (κ3) is 4.33. The fourth-order valence-electron chi connectivity index (χ4n) is 9.09. The lowest BCUT2D eigenvalue weighted by molar-refractivity contribution is 0.620. The van der Waals surface area contributed by atoms with E-state index in [1.807, 2.05) is 48.2 Å². The molecule has 0 amide bonds. The van der Waals surface area contributed by atoms with E-state index in [0.717, 1.165) is 55.7 Å². The highest BCUT2D eigenvalue weighted by atomic mass is 32.2. The Balaban J connectivity index is 1.13. The predicted molar refractivity (Wildman–Crippen MR) is 223 cm³/mol. The number of aromatic nitrogens is 1. The van der Waals surface area contributed by atoms with Crippen LogP contribution in [0.4, 0.5) is 17.1 Å². The van der Waals surface area contributed by atoms with Gasteiger partial charge >= 0.3 is 0 Å². The van der Waals surface area contributed by atoms with E-state index in [4.69, 9.17) is 13.8 Å². The van der Waals surface area contributed by atoms with Crippen LogP contribution in [0.1, 0.15) is 22.3 Å². The van der Waals surface area contributed by atoms with E-state index in [0.29, 0.717) is 5.89 Å². The summed E-state index contributed by atoms with van der Waals surface area (Å²) in [5.41, 5.74) is 14.5. The third-order valence-electron chi connectivity index (χ3n) is 11.3. The highest BCUT2D eigenvalue weighted by Crippen LogP contribution is 2.62. The first kappa shape index (κ1) is 30.6. The van der Waals surface area contributed by atoms with Gasteiger partial charge in [0, 0.05) is 37.5 Å². The zero-order valence-corrected chi connectivity index (χ0v) is 30.3. The second kappa shape index (κ2) is 11.6. The van der Waals surface area contributed by atoms with E-state index in [-0.39, 0.29) is 0 Å². The van der Waals surface area contributed by atoms with Crippen LogP contribution in [-0.4, -0.2) is 4.98 Å². The number of nitrogens with zero attached hydrogens (tertiary/aromatic N) is 2. The molecule has 1 aliphatic heterocycles. The van der Waals surface area contributed by atoms with Crippen LogP contribution in [0.3, 0.4) is 0 Å². The van der Waals surface area contributed by atoms with Crippen molar-refractivity contribution in [3.05, 3.63) is 204 Å². The topological polar surface area (TPSA) is 42.4 Å². The first-order chi connectivity index (χ1) is 27.3. The summed E-state index contributed by atoms with van der Waals surface area (Å²) >= 11 is 1.85. The zero-order valence-electron chi connectivity index (χ0n) is 29.4. The fraction of sp³-hybridized carbons (Fsp3) is 0.0200. The number of furan rings is 1. The molecule has 4 nitrogen and oxygen atoms in total. The molecule has 0 saturated heterocycles. The van der Waals surface area contributed by atoms with E-state index in [1.54, 1.807) is 0 Å². The number of anilines is 3. The lowest BCUT2D eigenvalue weighted by atomic mass is 9.67. The minimum atomic E-state index is -0.445. The SMILES string of the molecule is c1ccc(N(c2ccc3c(c2)Sc2ccccc2C32c3ccccc3-c3ccccc32)c2cc(-c3nc4ccccc4o3)cc3c2oc2ccccc23)cc1. The first-order valence-corrected chi connectivity index (χ1v) is 19.3. The van der Waals surface area contributed by atoms with Crippen LogP contribution in [0.5, 0.6) is 0 Å². The van der Waals surface area contributed by atoms with Gasteiger partial charge in [0.1, 0.15) is 11.1 Å². The van der Waals surface area contributed by atoms with Crippen molar-refractivity contribution in [1.82, 2.24) is 4.98 Å². The van der Waals surface area contributed by atoms with Gasteiger partial charge in [-0.1, -0.05) is 133 Å². The van der Waals surface area contributed by atoms with Gasteiger partial charge in [-0.2, -0.15) is 0 Å². The Morgan fingerprint density at radius 1 is 0.473 bits per heavy atom. The molecular weight excluding hydrogens is 693 g/mol. The standard InChI is InChI=1S/C50H30N2O2S/c1-2-14-32(15-3-1)52(43-29-31(49-51-42-22-10-12-24-45(42)54-49)28-37-36-18-6-11-23-44(36)53-48(37)43)33-26-27-41-47(30-33)55-46-25-13-9-21-40(46)50(41)38-19-7-4-16-34(38)35-17-5-8-20-39(35)50/h1-30H. The van der Waals surface area contributed by atoms with Gasteiger partial charge in [0.15, 0.2) is 11.2 Å². The van der Waals surface area contributed by atoms with Crippen molar-refractivity contribution < 1.29 is 8.83 Å². The molecule has 0 unspecified atom stereocenters. The molecule has 55 heavy (non-hydrogen) atoms. The van der Waals surface area contributed by atoms with Crippen molar-refractivity contribution in [2.45, 2.75) is 15.2 Å². The summed E-state index contributed by atoms with van der Waals surface area (Å²) in [6.07, 6.45) is 0. The molecule has 1 spiro atoms. The van der Waals surface area contributed by atoms with Gasteiger partial charge in [0.2, 0.25) is 5.89 Å². The fourth-order valence-corrected chi connectivity index (χ4v) is 10.3. The predicted octanol–water partition coefficient (Wildman–Crippen LogP) is 13.7. The molecule has 3 heterocycles. The van der Waals surface area contributed by atoms with Crippen molar-refractivity contribution in [1.29, 1.82) is 0 Å². The maximum atomic E-state index is 6.77. The van der Waals surface area contributed by atoms with Crippen molar-refractivity contribution in [3.63, 3.8) is 0 Å². The summed E-state index contributed by atoms with van der Waals surface area (Å²) in [5.74, 6) is 0.570. The molecule has 0 atom stereocenters. The van der Waals surface area contributed by atoms with Gasteiger partial charge in [0.25, 0.3) is 0 Å². The molecule has 10 aromatic rings. The number of fused-ring (bicyclic) bond motifs is 13. The van der Waals surface area contributed by atoms with E-state index in [2.05, 4.69) is 150 Å². The summed E-state index contributed by atoms with van der Waals surface area (Å²) in [6.45, 7) is 0. The Labute approximate surface area is 321 Å². The summed E-state index contributed by atoms with van der Waals surface area (Å²) in [7, 11) is 0. The number of hydrogen-bond donors (Lipinski definition) is 0. The average molecular weight is 723 g/mol. The average Bonchev–Trinajstić information content (AvgIpc) is 3.93. The second-order valence-corrected chi connectivity index (χ2v) is 15.3. The van der Waals surface area contributed by atoms with Crippen LogP contribution in [0.15, 0.2) is 201 Å². The summed E-state index contributed by atoms with van der Waals surface area (Å²) < 4.78 is 13.2. The minimum Gasteiger partial charge on any atom is -0.454 e. The maximum Gasteiger partial charge on any atom is 0.227 e. The van der Waals surface area contributed by atoms with Gasteiger partial charge < -0.3 is 13.7 Å². The van der Waals surface area contributed by atoms with Crippen molar-refractivity contribution in [2.24, 2.45) is 0 Å². The summed E-state index contributed by atoms with van der Waals surface area (Å²) in [6, 6.07) is 64.9. The molecule has 1 aliphatic carbocycles. The minimum absolute atomic E-state index is 0.445. The Kier molecular flexibility index (Phi) is 6.45. The molecule has 0 fully saturated rings. The van der Waals surface area contributed by atoms with Crippen LogP contribution < -0.4 is 4.90 Å². The molecular formula is C50H30N2O2S. The Morgan fingerprint density at radius 2 is 1.13 bits per heavy atom. The third-order valence-corrected chi connectivity index (χ3v) is 12.5. The van der Waals surface area contributed by atoms with Crippen molar-refractivity contribution in [3.8, 4) is 22.6 Å². The highest BCUT2D eigenvalue weighted by molar-refractivity contribution is 7.99. The normalized spacial score (nSPS) is 13.5. The van der Waals surface area contributed by atoms with Crippen molar-refractivity contribution >= 4 is 61.9 Å². The lowest BCUT2D eigenvalue weighted by Gasteiger charge is -2.40. The van der Waals surface area contributed by atoms with Crippen LogP contribution in [-0.2, 0) is 5.41 Å². The van der Waals surface area contributed by atoms with E-state index in [9.17, 15) is 0 Å². The molecule has 12 rings (SSSR count). The summed E-state index contributed by atoms with van der Waals surface area (Å²) in [5, 5.41) is 2.05. The van der Waals surface area contributed by atoms with Gasteiger partial charge in [-0.3, -0.25) is 0 Å². The van der Waals surface area contributed by atoms with Crippen LogP contribution in [0, 0.1) is 0 Å². The summed E-state index contributed by atoms with van der Waals surface area (Å²) in [4.78, 5) is 9.75. The van der Waals surface area contributed by atoms with E-state index in [1.165, 1.54) is 43.2 Å². The Bertz CT molecular complexity index is 3080. The Hall–Kier alpha value is -6.82. The number of para-hydroxylation sites is 4. The highest BCUT2D eigenvalue weighted by Gasteiger charge is 2.50. The monoisotopic (exact) mass is 722 g/mol. The quantitative estimate of drug-likeness (QED) is 0.181. The molecule has 0 saturated carbocycles. The molecule has 0 radical (unpaired) electrons. The number of rotatable bonds is 4. The van der Waals surface area contributed by atoms with Crippen LogP contribution in [0.25, 0.3) is 55.6 Å². The second-order valence-electron chi connectivity index (χ2n) is 14.2. The molecule has 2 aliphatic rings. The maximum absolute atomic E-state index is 6.77. The molecule has 0 bridgehead atoms. The molecule has 0 N–H and O–H groups in total. The van der Waals surface area contributed by atoms with Gasteiger partial charge in [0.05, 0.1) is 11.1 Å². The molecule has 5 heteroatoms. The van der Waals surface area contributed by atoms with E-state index >= 15 is 0 Å². The van der Waals surface area contributed by atoms with Gasteiger partial charge in [-0.05, 0) is 94.0 Å². The molecule has 2 aromatic heterocycles. The largest absolute Gasteiger partial charge is 0.454 e.